The number of nitrogens with zero attached hydrogens (tertiary/aromatic N) is 1. The predicted molar refractivity (Wildman–Crippen MR) is 133 cm³/mol. The molecular weight excluding hydrogens is 534 g/mol. The van der Waals surface area contributed by atoms with Gasteiger partial charge >= 0.3 is 0 Å². The van der Waals surface area contributed by atoms with Gasteiger partial charge in [-0.1, -0.05) is 36.4 Å². The van der Waals surface area contributed by atoms with Gasteiger partial charge in [-0.25, -0.2) is 22.5 Å². The first-order chi connectivity index (χ1) is 14.3. The number of rotatable bonds is 10. The van der Waals surface area contributed by atoms with Crippen LogP contribution in [0.3, 0.4) is 0 Å². The summed E-state index contributed by atoms with van der Waals surface area (Å²) in [5.41, 5.74) is 1.66. The Hall–Kier alpha value is -1.92. The highest BCUT2D eigenvalue weighted by molar-refractivity contribution is 14.0. The fraction of sp³-hybridized carbons (Fsp3) is 0.381. The molecule has 10 heteroatoms. The molecule has 0 aliphatic carbocycles. The van der Waals surface area contributed by atoms with Gasteiger partial charge in [-0.15, -0.1) is 24.0 Å². The SMILES string of the molecule is CCNC(=NCc1ccc(CS(=O)(=O)NC)cc1)NCC(C)Oc1ccccc1F.I. The average Bonchev–Trinajstić information content (AvgIpc) is 2.72. The molecule has 0 bridgehead atoms. The van der Waals surface area contributed by atoms with Crippen LogP contribution in [-0.2, 0) is 22.3 Å². The number of ether oxygens (including phenoxy) is 1. The molecule has 2 aromatic rings. The molecule has 0 amide bonds. The Bertz CT molecular complexity index is 940. The van der Waals surface area contributed by atoms with Crippen LogP contribution in [0.1, 0.15) is 25.0 Å². The van der Waals surface area contributed by atoms with Gasteiger partial charge in [-0.2, -0.15) is 0 Å². The summed E-state index contributed by atoms with van der Waals surface area (Å²) in [6, 6.07) is 13.6. The molecule has 0 radical (unpaired) electrons. The number of aliphatic imine (C=N–C) groups is 1. The number of benzene rings is 2. The lowest BCUT2D eigenvalue weighted by Gasteiger charge is -2.18. The monoisotopic (exact) mass is 564 g/mol. The first-order valence-corrected chi connectivity index (χ1v) is 11.4. The number of hydrogen-bond acceptors (Lipinski definition) is 4. The minimum absolute atomic E-state index is 0. The van der Waals surface area contributed by atoms with Crippen molar-refractivity contribution in [2.24, 2.45) is 4.99 Å². The first-order valence-electron chi connectivity index (χ1n) is 9.75. The quantitative estimate of drug-likeness (QED) is 0.235. The Balaban J connectivity index is 0.00000480. The topological polar surface area (TPSA) is 91.8 Å². The van der Waals surface area contributed by atoms with E-state index in [2.05, 4.69) is 20.3 Å². The van der Waals surface area contributed by atoms with Crippen molar-refractivity contribution in [1.82, 2.24) is 15.4 Å². The third-order valence-electron chi connectivity index (χ3n) is 4.18. The molecule has 0 aliphatic rings. The smallest absolute Gasteiger partial charge is 0.215 e. The highest BCUT2D eigenvalue weighted by Crippen LogP contribution is 2.16. The van der Waals surface area contributed by atoms with E-state index in [9.17, 15) is 12.8 Å². The lowest BCUT2D eigenvalue weighted by molar-refractivity contribution is 0.214. The molecule has 0 fully saturated rings. The van der Waals surface area contributed by atoms with Crippen LogP contribution >= 0.6 is 24.0 Å². The minimum Gasteiger partial charge on any atom is -0.486 e. The normalized spacial score (nSPS) is 12.6. The van der Waals surface area contributed by atoms with Gasteiger partial charge in [-0.3, -0.25) is 0 Å². The van der Waals surface area contributed by atoms with Crippen molar-refractivity contribution < 1.29 is 17.5 Å². The molecule has 1 unspecified atom stereocenters. The van der Waals surface area contributed by atoms with Crippen molar-refractivity contribution in [2.45, 2.75) is 32.2 Å². The molecule has 0 saturated heterocycles. The van der Waals surface area contributed by atoms with Crippen molar-refractivity contribution in [1.29, 1.82) is 0 Å². The Kier molecular flexibility index (Phi) is 11.8. The summed E-state index contributed by atoms with van der Waals surface area (Å²) < 4.78 is 44.9. The Morgan fingerprint density at radius 1 is 1.10 bits per heavy atom. The summed E-state index contributed by atoms with van der Waals surface area (Å²) >= 11 is 0. The summed E-state index contributed by atoms with van der Waals surface area (Å²) in [6.45, 7) is 5.38. The maximum Gasteiger partial charge on any atom is 0.215 e. The molecule has 0 spiro atoms. The molecule has 3 N–H and O–H groups in total. The number of nitrogens with one attached hydrogen (secondary N) is 3. The van der Waals surface area contributed by atoms with Crippen LogP contribution in [0, 0.1) is 5.82 Å². The molecule has 172 valence electrons. The molecule has 1 atom stereocenters. The van der Waals surface area contributed by atoms with E-state index < -0.39 is 15.8 Å². The van der Waals surface area contributed by atoms with Crippen LogP contribution in [0.5, 0.6) is 5.75 Å². The maximum absolute atomic E-state index is 13.7. The Morgan fingerprint density at radius 2 is 1.74 bits per heavy atom. The lowest BCUT2D eigenvalue weighted by Crippen LogP contribution is -2.41. The zero-order valence-corrected chi connectivity index (χ0v) is 21.0. The van der Waals surface area contributed by atoms with Crippen molar-refractivity contribution in [2.75, 3.05) is 20.1 Å². The van der Waals surface area contributed by atoms with Crippen molar-refractivity contribution >= 4 is 40.0 Å². The summed E-state index contributed by atoms with van der Waals surface area (Å²) in [6.07, 6.45) is -0.265. The number of sulfonamides is 1. The number of halogens is 2. The van der Waals surface area contributed by atoms with Crippen molar-refractivity contribution in [3.05, 3.63) is 65.5 Å². The van der Waals surface area contributed by atoms with E-state index in [1.54, 1.807) is 30.3 Å². The van der Waals surface area contributed by atoms with Gasteiger partial charge in [0.25, 0.3) is 0 Å². The molecule has 0 aromatic heterocycles. The molecule has 2 rings (SSSR count). The van der Waals surface area contributed by atoms with Crippen LogP contribution in [-0.4, -0.2) is 40.6 Å². The van der Waals surface area contributed by atoms with E-state index in [1.165, 1.54) is 13.1 Å². The Labute approximate surface area is 201 Å². The van der Waals surface area contributed by atoms with Crippen LogP contribution in [0.15, 0.2) is 53.5 Å². The second kappa shape index (κ2) is 13.5. The molecule has 2 aromatic carbocycles. The Morgan fingerprint density at radius 3 is 2.35 bits per heavy atom. The van der Waals surface area contributed by atoms with Gasteiger partial charge in [0, 0.05) is 6.54 Å². The largest absolute Gasteiger partial charge is 0.486 e. The average molecular weight is 564 g/mol. The fourth-order valence-electron chi connectivity index (χ4n) is 2.58. The lowest BCUT2D eigenvalue weighted by atomic mass is 10.1. The summed E-state index contributed by atoms with van der Waals surface area (Å²) in [7, 11) is -1.89. The third-order valence-corrected chi connectivity index (χ3v) is 5.51. The van der Waals surface area contributed by atoms with Gasteiger partial charge in [0.05, 0.1) is 18.8 Å². The molecular formula is C21H30FIN4O3S. The van der Waals surface area contributed by atoms with Gasteiger partial charge in [-0.05, 0) is 44.2 Å². The molecule has 0 saturated carbocycles. The molecule has 7 nitrogen and oxygen atoms in total. The summed E-state index contributed by atoms with van der Waals surface area (Å²) in [5.74, 6) is 0.380. The van der Waals surface area contributed by atoms with Crippen LogP contribution in [0.4, 0.5) is 4.39 Å². The summed E-state index contributed by atoms with van der Waals surface area (Å²) in [4.78, 5) is 4.53. The second-order valence-electron chi connectivity index (χ2n) is 6.71. The first kappa shape index (κ1) is 27.1. The zero-order valence-electron chi connectivity index (χ0n) is 17.9. The van der Waals surface area contributed by atoms with E-state index in [1.807, 2.05) is 26.0 Å². The van der Waals surface area contributed by atoms with Crippen LogP contribution in [0.25, 0.3) is 0 Å². The molecule has 0 heterocycles. The summed E-state index contributed by atoms with van der Waals surface area (Å²) in [5, 5.41) is 6.34. The van der Waals surface area contributed by atoms with E-state index in [0.29, 0.717) is 31.2 Å². The third kappa shape index (κ3) is 9.83. The van der Waals surface area contributed by atoms with E-state index in [4.69, 9.17) is 4.74 Å². The standard InChI is InChI=1S/C21H29FN4O3S.HI/c1-4-24-21(25-13-16(2)29-20-8-6-5-7-19(20)22)26-14-17-9-11-18(12-10-17)15-30(27,28)23-3;/h5-12,16,23H,4,13-15H2,1-3H3,(H2,24,25,26);1H. The molecule has 31 heavy (non-hydrogen) atoms. The maximum atomic E-state index is 13.7. The van der Waals surface area contributed by atoms with Gasteiger partial charge in [0.1, 0.15) is 6.10 Å². The highest BCUT2D eigenvalue weighted by Gasteiger charge is 2.10. The number of hydrogen-bond donors (Lipinski definition) is 3. The second-order valence-corrected chi connectivity index (χ2v) is 8.64. The predicted octanol–water partition coefficient (Wildman–Crippen LogP) is 3.02. The minimum atomic E-state index is -3.29. The zero-order chi connectivity index (χ0) is 22.0. The van der Waals surface area contributed by atoms with Crippen LogP contribution < -0.4 is 20.1 Å². The van der Waals surface area contributed by atoms with Crippen molar-refractivity contribution in [3.8, 4) is 5.75 Å². The van der Waals surface area contributed by atoms with Gasteiger partial charge < -0.3 is 15.4 Å². The number of guanidine groups is 1. The van der Waals surface area contributed by atoms with Gasteiger partial charge in [0.2, 0.25) is 10.0 Å². The fourth-order valence-corrected chi connectivity index (χ4v) is 3.36. The highest BCUT2D eigenvalue weighted by atomic mass is 127. The molecule has 0 aliphatic heterocycles. The van der Waals surface area contributed by atoms with Gasteiger partial charge in [0.15, 0.2) is 17.5 Å². The van der Waals surface area contributed by atoms with Crippen LogP contribution in [0.2, 0.25) is 0 Å². The van der Waals surface area contributed by atoms with E-state index >= 15 is 0 Å². The number of para-hydroxylation sites is 1. The van der Waals surface area contributed by atoms with E-state index in [-0.39, 0.29) is 41.6 Å². The van der Waals surface area contributed by atoms with E-state index in [0.717, 1.165) is 5.56 Å². The van der Waals surface area contributed by atoms with Crippen molar-refractivity contribution in [3.63, 3.8) is 0 Å².